The first-order chi connectivity index (χ1) is 26.5. The van der Waals surface area contributed by atoms with Crippen LogP contribution in [0.2, 0.25) is 0 Å². The van der Waals surface area contributed by atoms with Crippen molar-refractivity contribution in [3.63, 3.8) is 0 Å². The van der Waals surface area contributed by atoms with Crippen molar-refractivity contribution in [1.29, 1.82) is 0 Å². The van der Waals surface area contributed by atoms with Crippen LogP contribution in [0.4, 0.5) is 0 Å². The molecule has 0 atom stereocenters. The van der Waals surface area contributed by atoms with Gasteiger partial charge in [0.15, 0.2) is 5.82 Å². The fraction of sp³-hybridized carbons (Fsp3) is 0.0612. The van der Waals surface area contributed by atoms with Crippen molar-refractivity contribution in [1.82, 2.24) is 14.5 Å². The molecule has 0 amide bonds. The second-order valence-corrected chi connectivity index (χ2v) is 14.9. The van der Waals surface area contributed by atoms with Crippen molar-refractivity contribution < 1.29 is 8.83 Å². The lowest BCUT2D eigenvalue weighted by Crippen LogP contribution is -2.27. The number of para-hydroxylation sites is 5. The molecular weight excluding hydrogens is 663 g/mol. The average molecular weight is 694 g/mol. The number of nitrogens with zero attached hydrogens (tertiary/aromatic N) is 3. The number of fused-ring (bicyclic) bond motifs is 11. The van der Waals surface area contributed by atoms with Gasteiger partial charge in [0.2, 0.25) is 5.71 Å². The lowest BCUT2D eigenvalue weighted by Gasteiger charge is -2.36. The highest BCUT2D eigenvalue weighted by atomic mass is 16.3. The molecule has 4 aromatic heterocycles. The predicted molar refractivity (Wildman–Crippen MR) is 219 cm³/mol. The van der Waals surface area contributed by atoms with E-state index in [0.29, 0.717) is 5.82 Å². The molecule has 0 spiro atoms. The molecule has 0 radical (unpaired) electrons. The van der Waals surface area contributed by atoms with E-state index in [4.69, 9.17) is 18.8 Å². The van der Waals surface area contributed by atoms with Crippen LogP contribution in [0.3, 0.4) is 0 Å². The van der Waals surface area contributed by atoms with Crippen LogP contribution in [-0.2, 0) is 5.41 Å². The molecule has 0 fully saturated rings. The maximum absolute atomic E-state index is 6.67. The Morgan fingerprint density at radius 3 is 2.09 bits per heavy atom. The molecule has 7 aromatic carbocycles. The van der Waals surface area contributed by atoms with Gasteiger partial charge < -0.3 is 8.83 Å². The maximum atomic E-state index is 6.67. The summed E-state index contributed by atoms with van der Waals surface area (Å²) in [4.78, 5) is 10.4. The number of furan rings is 2. The molecule has 0 saturated heterocycles. The van der Waals surface area contributed by atoms with Gasteiger partial charge >= 0.3 is 0 Å². The molecule has 254 valence electrons. The van der Waals surface area contributed by atoms with Crippen LogP contribution in [0, 0.1) is 0 Å². The second-order valence-electron chi connectivity index (χ2n) is 14.9. The first-order valence-corrected chi connectivity index (χ1v) is 18.4. The Kier molecular flexibility index (Phi) is 5.78. The van der Waals surface area contributed by atoms with E-state index in [1.165, 1.54) is 33.0 Å². The number of benzene rings is 7. The minimum absolute atomic E-state index is 0.289. The number of hydrogen-bond donors (Lipinski definition) is 0. The summed E-state index contributed by atoms with van der Waals surface area (Å²) < 4.78 is 15.5. The van der Waals surface area contributed by atoms with Crippen LogP contribution < -0.4 is 0 Å². The van der Waals surface area contributed by atoms with E-state index in [2.05, 4.69) is 140 Å². The van der Waals surface area contributed by atoms with Crippen molar-refractivity contribution >= 4 is 65.8 Å². The molecule has 0 saturated carbocycles. The smallest absolute Gasteiger partial charge is 0.213 e. The summed E-state index contributed by atoms with van der Waals surface area (Å²) in [7, 11) is 0. The molecule has 0 aliphatic carbocycles. The quantitative estimate of drug-likeness (QED) is 0.185. The molecule has 11 aromatic rings. The lowest BCUT2D eigenvalue weighted by molar-refractivity contribution is 0.613. The maximum Gasteiger partial charge on any atom is 0.213 e. The Hall–Kier alpha value is -6.98. The van der Waals surface area contributed by atoms with Crippen LogP contribution in [-0.4, -0.2) is 14.5 Å². The predicted octanol–water partition coefficient (Wildman–Crippen LogP) is 13.0. The Bertz CT molecular complexity index is 3380. The van der Waals surface area contributed by atoms with Crippen molar-refractivity contribution in [3.8, 4) is 39.5 Å². The second kappa shape index (κ2) is 10.6. The Morgan fingerprint density at radius 1 is 0.537 bits per heavy atom. The highest BCUT2D eigenvalue weighted by Gasteiger charge is 2.38. The average Bonchev–Trinajstić information content (AvgIpc) is 3.89. The first kappa shape index (κ1) is 29.6. The Labute approximate surface area is 309 Å². The van der Waals surface area contributed by atoms with Gasteiger partial charge in [0.25, 0.3) is 0 Å². The molecule has 0 N–H and O–H groups in total. The number of hydrogen-bond acceptors (Lipinski definition) is 4. The van der Waals surface area contributed by atoms with Crippen LogP contribution in [0.15, 0.2) is 160 Å². The van der Waals surface area contributed by atoms with E-state index >= 15 is 0 Å². The van der Waals surface area contributed by atoms with Gasteiger partial charge in [0, 0.05) is 37.9 Å². The molecule has 0 unspecified atom stereocenters. The van der Waals surface area contributed by atoms with E-state index in [1.807, 2.05) is 30.3 Å². The summed E-state index contributed by atoms with van der Waals surface area (Å²) in [5.41, 5.74) is 14.1. The van der Waals surface area contributed by atoms with Gasteiger partial charge in [-0.1, -0.05) is 129 Å². The monoisotopic (exact) mass is 693 g/mol. The van der Waals surface area contributed by atoms with Crippen molar-refractivity contribution in [2.45, 2.75) is 19.3 Å². The Morgan fingerprint density at radius 2 is 1.20 bits per heavy atom. The molecule has 5 nitrogen and oxygen atoms in total. The van der Waals surface area contributed by atoms with E-state index in [9.17, 15) is 0 Å². The zero-order chi connectivity index (χ0) is 35.7. The summed E-state index contributed by atoms with van der Waals surface area (Å²) in [6.07, 6.45) is 0. The van der Waals surface area contributed by atoms with Gasteiger partial charge in [-0.2, -0.15) is 0 Å². The van der Waals surface area contributed by atoms with Crippen LogP contribution >= 0.6 is 0 Å². The van der Waals surface area contributed by atoms with Crippen LogP contribution in [0.5, 0.6) is 0 Å². The number of rotatable bonds is 3. The zero-order valence-corrected chi connectivity index (χ0v) is 29.6. The Balaban J connectivity index is 1.08. The van der Waals surface area contributed by atoms with Gasteiger partial charge in [-0.25, -0.2) is 9.97 Å². The molecule has 1 aliphatic rings. The summed E-state index contributed by atoms with van der Waals surface area (Å²) in [5, 5.41) is 6.68. The molecule has 54 heavy (non-hydrogen) atoms. The zero-order valence-electron chi connectivity index (χ0n) is 29.6. The molecule has 5 heteroatoms. The fourth-order valence-electron chi connectivity index (χ4n) is 9.21. The largest absolute Gasteiger partial charge is 0.455 e. The van der Waals surface area contributed by atoms with Crippen molar-refractivity contribution in [2.24, 2.45) is 0 Å². The highest BCUT2D eigenvalue weighted by molar-refractivity contribution is 6.21. The van der Waals surface area contributed by atoms with E-state index in [-0.39, 0.29) is 5.41 Å². The third-order valence-electron chi connectivity index (χ3n) is 11.6. The van der Waals surface area contributed by atoms with Crippen molar-refractivity contribution in [3.05, 3.63) is 163 Å². The lowest BCUT2D eigenvalue weighted by atomic mass is 9.72. The van der Waals surface area contributed by atoms with Gasteiger partial charge in [-0.05, 0) is 58.7 Å². The molecule has 0 bridgehead atoms. The topological polar surface area (TPSA) is 57.0 Å². The fourth-order valence-corrected chi connectivity index (χ4v) is 9.21. The minimum atomic E-state index is -0.289. The first-order valence-electron chi connectivity index (χ1n) is 18.4. The summed E-state index contributed by atoms with van der Waals surface area (Å²) >= 11 is 0. The molecule has 1 aliphatic heterocycles. The van der Waals surface area contributed by atoms with E-state index in [1.54, 1.807) is 0 Å². The summed E-state index contributed by atoms with van der Waals surface area (Å²) in [5.74, 6) is 0.639. The van der Waals surface area contributed by atoms with Gasteiger partial charge in [0.05, 0.1) is 33.4 Å². The van der Waals surface area contributed by atoms with Gasteiger partial charge in [-0.3, -0.25) is 4.57 Å². The SMILES string of the molecule is CC1(C)c2c(-c3cccc(-c4nc(-c5cccc6c5oc5ccccc56)nc5ccccc45)c3)cccc2-n2c3oc4ccccc4c3c3cccc1c32. The third-order valence-corrected chi connectivity index (χ3v) is 11.6. The molecule has 12 rings (SSSR count). The van der Waals surface area contributed by atoms with Crippen LogP contribution in [0.1, 0.15) is 25.0 Å². The van der Waals surface area contributed by atoms with E-state index in [0.717, 1.165) is 77.6 Å². The summed E-state index contributed by atoms with van der Waals surface area (Å²) in [6, 6.07) is 53.2. The molecular formula is C49H31N3O2. The minimum Gasteiger partial charge on any atom is -0.455 e. The van der Waals surface area contributed by atoms with Gasteiger partial charge in [-0.15, -0.1) is 0 Å². The van der Waals surface area contributed by atoms with Crippen molar-refractivity contribution in [2.75, 3.05) is 0 Å². The molecule has 5 heterocycles. The van der Waals surface area contributed by atoms with Crippen LogP contribution in [0.25, 0.3) is 105 Å². The summed E-state index contributed by atoms with van der Waals surface area (Å²) in [6.45, 7) is 4.71. The number of aromatic nitrogens is 3. The third kappa shape index (κ3) is 3.88. The van der Waals surface area contributed by atoms with E-state index < -0.39 is 0 Å². The standard InChI is InChI=1S/C49H31N3O2/c1-49(2)37-22-11-20-35-42-34-17-5-8-26-41(34)54-48(42)52(45(35)37)39-24-12-18-30(43(39)49)28-13-9-14-29(27-28)44-33-16-3-6-23-38(33)50-47(51-44)36-21-10-19-32-31-15-4-7-25-40(31)53-46(32)36/h3-27H,1-2H3. The highest BCUT2D eigenvalue weighted by Crippen LogP contribution is 2.52. The normalized spacial score (nSPS) is 13.5. The van der Waals surface area contributed by atoms with Gasteiger partial charge in [0.1, 0.15) is 16.7 Å².